The van der Waals surface area contributed by atoms with Gasteiger partial charge in [0.15, 0.2) is 12.6 Å². The van der Waals surface area contributed by atoms with E-state index < -0.39 is 80.6 Å². The predicted octanol–water partition coefficient (Wildman–Crippen LogP) is -2.49. The Morgan fingerprint density at radius 1 is 0.750 bits per heavy atom. The van der Waals surface area contributed by atoms with Crippen molar-refractivity contribution in [2.24, 2.45) is 0 Å². The lowest BCUT2D eigenvalue weighted by Crippen LogP contribution is -2.63. The van der Waals surface area contributed by atoms with Gasteiger partial charge in [-0.05, 0) is 6.42 Å². The number of unbranched alkanes of at least 4 members (excludes halogenated alkanes) is 4. The lowest BCUT2D eigenvalue weighted by molar-refractivity contribution is -0.376. The lowest BCUT2D eigenvalue weighted by atomic mass is 9.98. The highest BCUT2D eigenvalue weighted by Crippen LogP contribution is 2.28. The predicted molar refractivity (Wildman–Crippen MR) is 106 cm³/mol. The summed E-state index contributed by atoms with van der Waals surface area (Å²) >= 11 is 0. The van der Waals surface area contributed by atoms with Gasteiger partial charge in [0.2, 0.25) is 0 Å². The molecule has 0 radical (unpaired) electrons. The highest BCUT2D eigenvalue weighted by molar-refractivity contribution is 5.69. The molecule has 0 spiro atoms. The molecule has 0 unspecified atom stereocenters. The number of rotatable bonds is 11. The Kier molecular flexibility index (Phi) is 11.2. The molecule has 0 aromatic heterocycles. The summed E-state index contributed by atoms with van der Waals surface area (Å²) in [6.45, 7) is 0.994. The summed E-state index contributed by atoms with van der Waals surface area (Å²) < 4.78 is 21.0. The molecule has 12 nitrogen and oxygen atoms in total. The van der Waals surface area contributed by atoms with E-state index in [-0.39, 0.29) is 6.42 Å². The second-order valence-electron chi connectivity index (χ2n) is 8.20. The average Bonchev–Trinajstić information content (AvgIpc) is 2.78. The van der Waals surface area contributed by atoms with Crippen LogP contribution in [0.3, 0.4) is 0 Å². The zero-order valence-electron chi connectivity index (χ0n) is 18.1. The summed E-state index contributed by atoms with van der Waals surface area (Å²) in [4.78, 5) is 11.9. The topological polar surface area (TPSA) is 196 Å². The van der Waals surface area contributed by atoms with Gasteiger partial charge in [-0.2, -0.15) is 0 Å². The van der Waals surface area contributed by atoms with Crippen LogP contribution in [0.15, 0.2) is 0 Å². The Balaban J connectivity index is 1.90. The van der Waals surface area contributed by atoms with E-state index in [0.29, 0.717) is 6.42 Å². The van der Waals surface area contributed by atoms with Crippen molar-refractivity contribution in [3.63, 3.8) is 0 Å². The normalized spacial score (nSPS) is 40.2. The molecule has 2 heterocycles. The van der Waals surface area contributed by atoms with Gasteiger partial charge in [-0.25, -0.2) is 0 Å². The standard InChI is InChI=1S/C20H36O12/c1-2-3-4-5-6-7-12(22)29-9-11-14(24)16(26)18(28)20(31-11)32-19-17(27)15(25)13(23)10(8-21)30-19/h10-11,13-21,23-28H,2-9H2,1H3/t10-,11+,13-,14-,15+,16-,17+,18+,19-,20-/m1/s1. The van der Waals surface area contributed by atoms with Crippen LogP contribution in [0.1, 0.15) is 45.4 Å². The Morgan fingerprint density at radius 3 is 1.84 bits per heavy atom. The third kappa shape index (κ3) is 7.03. The van der Waals surface area contributed by atoms with Gasteiger partial charge in [0, 0.05) is 6.42 Å². The third-order valence-electron chi connectivity index (χ3n) is 5.68. The SMILES string of the molecule is CCCCCCCC(=O)OC[C@@H]1O[C@H](O[C@H]2O[C@H](CO)[C@@H](O)[C@H](O)[C@@H]2O)[C@@H](O)[C@H](O)[C@@H]1O. The van der Waals surface area contributed by atoms with Crippen LogP contribution in [0.2, 0.25) is 0 Å². The van der Waals surface area contributed by atoms with E-state index in [1.165, 1.54) is 0 Å². The van der Waals surface area contributed by atoms with Gasteiger partial charge in [-0.15, -0.1) is 0 Å². The molecule has 0 aromatic rings. The summed E-state index contributed by atoms with van der Waals surface area (Å²) in [5.74, 6) is -0.496. The quantitative estimate of drug-likeness (QED) is 0.125. The number of esters is 1. The number of hydrogen-bond acceptors (Lipinski definition) is 12. The summed E-state index contributed by atoms with van der Waals surface area (Å²) in [5, 5.41) is 69.5. The first kappa shape index (κ1) is 27.3. The monoisotopic (exact) mass is 468 g/mol. The first-order chi connectivity index (χ1) is 15.2. The summed E-state index contributed by atoms with van der Waals surface area (Å²) in [5.41, 5.74) is 0. The first-order valence-corrected chi connectivity index (χ1v) is 11.0. The number of aliphatic hydroxyl groups is 7. The number of carbonyl (C=O) groups is 1. The molecule has 12 heteroatoms. The zero-order valence-corrected chi connectivity index (χ0v) is 18.1. The highest BCUT2D eigenvalue weighted by atomic mass is 16.8. The molecule has 0 aliphatic carbocycles. The van der Waals surface area contributed by atoms with Crippen molar-refractivity contribution in [1.29, 1.82) is 0 Å². The van der Waals surface area contributed by atoms with Crippen LogP contribution in [-0.2, 0) is 23.7 Å². The molecule has 0 saturated carbocycles. The smallest absolute Gasteiger partial charge is 0.305 e. The van der Waals surface area contributed by atoms with Crippen molar-refractivity contribution in [3.05, 3.63) is 0 Å². The molecule has 2 aliphatic rings. The van der Waals surface area contributed by atoms with Crippen molar-refractivity contribution >= 4 is 5.97 Å². The van der Waals surface area contributed by atoms with Crippen molar-refractivity contribution in [1.82, 2.24) is 0 Å². The Hall–Kier alpha value is -0.930. The number of aliphatic hydroxyl groups excluding tert-OH is 7. The molecule has 0 bridgehead atoms. The maximum absolute atomic E-state index is 11.9. The van der Waals surface area contributed by atoms with Gasteiger partial charge in [-0.1, -0.05) is 32.6 Å². The van der Waals surface area contributed by atoms with Crippen molar-refractivity contribution in [2.45, 2.75) is 107 Å². The first-order valence-electron chi connectivity index (χ1n) is 11.0. The molecule has 0 amide bonds. The zero-order chi connectivity index (χ0) is 23.8. The van der Waals surface area contributed by atoms with Crippen LogP contribution in [0.4, 0.5) is 0 Å². The van der Waals surface area contributed by atoms with Crippen LogP contribution in [0, 0.1) is 0 Å². The van der Waals surface area contributed by atoms with E-state index in [1.807, 2.05) is 0 Å². The van der Waals surface area contributed by atoms with E-state index in [2.05, 4.69) is 6.92 Å². The van der Waals surface area contributed by atoms with E-state index in [0.717, 1.165) is 25.7 Å². The summed E-state index contributed by atoms with van der Waals surface area (Å²) in [7, 11) is 0. The van der Waals surface area contributed by atoms with Gasteiger partial charge < -0.3 is 54.7 Å². The number of ether oxygens (including phenoxy) is 4. The minimum atomic E-state index is -1.76. The fourth-order valence-corrected chi connectivity index (χ4v) is 3.60. The Morgan fingerprint density at radius 2 is 1.28 bits per heavy atom. The second-order valence-corrected chi connectivity index (χ2v) is 8.20. The fraction of sp³-hybridized carbons (Fsp3) is 0.950. The Labute approximate surface area is 186 Å². The van der Waals surface area contributed by atoms with Gasteiger partial charge in [-0.3, -0.25) is 4.79 Å². The third-order valence-corrected chi connectivity index (χ3v) is 5.68. The largest absolute Gasteiger partial charge is 0.463 e. The molecule has 0 aromatic carbocycles. The van der Waals surface area contributed by atoms with E-state index >= 15 is 0 Å². The Bertz CT molecular complexity index is 561. The van der Waals surface area contributed by atoms with Crippen molar-refractivity contribution < 1.29 is 59.5 Å². The summed E-state index contributed by atoms with van der Waals surface area (Å²) in [6, 6.07) is 0. The molecular formula is C20H36O12. The lowest BCUT2D eigenvalue weighted by Gasteiger charge is -2.44. The molecule has 2 fully saturated rings. The van der Waals surface area contributed by atoms with E-state index in [1.54, 1.807) is 0 Å². The maximum Gasteiger partial charge on any atom is 0.305 e. The average molecular weight is 468 g/mol. The molecule has 7 N–H and O–H groups in total. The molecular weight excluding hydrogens is 432 g/mol. The van der Waals surface area contributed by atoms with Crippen molar-refractivity contribution in [3.8, 4) is 0 Å². The van der Waals surface area contributed by atoms with E-state index in [9.17, 15) is 40.5 Å². The van der Waals surface area contributed by atoms with E-state index in [4.69, 9.17) is 18.9 Å². The molecule has 32 heavy (non-hydrogen) atoms. The van der Waals surface area contributed by atoms with Crippen LogP contribution in [-0.4, -0.2) is 116 Å². The summed E-state index contributed by atoms with van der Waals surface area (Å²) in [6.07, 6.45) is -10.9. The molecule has 2 aliphatic heterocycles. The molecule has 10 atom stereocenters. The van der Waals surface area contributed by atoms with Gasteiger partial charge in [0.1, 0.15) is 55.4 Å². The van der Waals surface area contributed by atoms with Gasteiger partial charge in [0.25, 0.3) is 0 Å². The number of carbonyl (C=O) groups excluding carboxylic acids is 1. The minimum absolute atomic E-state index is 0.197. The van der Waals surface area contributed by atoms with Crippen LogP contribution in [0.5, 0.6) is 0 Å². The van der Waals surface area contributed by atoms with Crippen molar-refractivity contribution in [2.75, 3.05) is 13.2 Å². The minimum Gasteiger partial charge on any atom is -0.463 e. The maximum atomic E-state index is 11.9. The van der Waals surface area contributed by atoms with Crippen LogP contribution >= 0.6 is 0 Å². The second kappa shape index (κ2) is 13.1. The molecule has 2 saturated heterocycles. The van der Waals surface area contributed by atoms with Gasteiger partial charge in [0.05, 0.1) is 6.61 Å². The van der Waals surface area contributed by atoms with Crippen LogP contribution in [0.25, 0.3) is 0 Å². The fourth-order valence-electron chi connectivity index (χ4n) is 3.60. The van der Waals surface area contributed by atoms with Crippen LogP contribution < -0.4 is 0 Å². The molecule has 2 rings (SSSR count). The highest BCUT2D eigenvalue weighted by Gasteiger charge is 2.49. The van der Waals surface area contributed by atoms with Gasteiger partial charge >= 0.3 is 5.97 Å². The molecule has 188 valence electrons. The number of hydrogen-bond donors (Lipinski definition) is 7.